The van der Waals surface area contributed by atoms with E-state index in [1.165, 1.54) is 40.0 Å². The molecule has 1 fully saturated rings. The molecule has 148 valence electrons. The average molecular weight is 397 g/mol. The molecule has 0 bridgehead atoms. The van der Waals surface area contributed by atoms with E-state index in [1.807, 2.05) is 0 Å². The van der Waals surface area contributed by atoms with E-state index in [0.29, 0.717) is 11.1 Å². The molecule has 1 aliphatic rings. The number of carbonyl (C=O) groups is 2. The van der Waals surface area contributed by atoms with Crippen LogP contribution in [0.2, 0.25) is 0 Å². The average Bonchev–Trinajstić information content (AvgIpc) is 3.17. The van der Waals surface area contributed by atoms with E-state index >= 15 is 0 Å². The molecule has 7 nitrogen and oxygen atoms in total. The maximum absolute atomic E-state index is 13.8. The molecule has 2 amide bonds. The number of benzene rings is 2. The highest BCUT2D eigenvalue weighted by Gasteiger charge is 2.36. The SMILES string of the molecule is O=C1NCCN(C(=O)c2cn(Cc3ccccc3F)nn2)C1c1cccc(F)c1. The quantitative estimate of drug-likeness (QED) is 0.730. The lowest BCUT2D eigenvalue weighted by Gasteiger charge is -2.34. The first-order valence-corrected chi connectivity index (χ1v) is 9.00. The van der Waals surface area contributed by atoms with E-state index in [2.05, 4.69) is 15.6 Å². The Morgan fingerprint density at radius 3 is 2.79 bits per heavy atom. The molecule has 9 heteroatoms. The number of amides is 2. The van der Waals surface area contributed by atoms with Gasteiger partial charge in [-0.2, -0.15) is 0 Å². The molecule has 1 N–H and O–H groups in total. The van der Waals surface area contributed by atoms with Gasteiger partial charge < -0.3 is 10.2 Å². The molecule has 3 aromatic rings. The molecule has 1 atom stereocenters. The summed E-state index contributed by atoms with van der Waals surface area (Å²) in [6.45, 7) is 0.631. The Labute approximate surface area is 164 Å². The van der Waals surface area contributed by atoms with Crippen molar-refractivity contribution in [1.29, 1.82) is 0 Å². The number of piperazine rings is 1. The molecule has 0 radical (unpaired) electrons. The molecular weight excluding hydrogens is 380 g/mol. The molecule has 0 aliphatic carbocycles. The zero-order valence-corrected chi connectivity index (χ0v) is 15.3. The molecule has 4 rings (SSSR count). The molecule has 0 spiro atoms. The van der Waals surface area contributed by atoms with Crippen LogP contribution in [0.15, 0.2) is 54.7 Å². The number of rotatable bonds is 4. The maximum atomic E-state index is 13.8. The van der Waals surface area contributed by atoms with Gasteiger partial charge in [-0.3, -0.25) is 9.59 Å². The third-order valence-corrected chi connectivity index (χ3v) is 4.69. The van der Waals surface area contributed by atoms with Crippen molar-refractivity contribution >= 4 is 11.8 Å². The van der Waals surface area contributed by atoms with Crippen molar-refractivity contribution in [3.63, 3.8) is 0 Å². The third kappa shape index (κ3) is 3.84. The van der Waals surface area contributed by atoms with Crippen molar-refractivity contribution in [2.75, 3.05) is 13.1 Å². The molecule has 1 aromatic heterocycles. The van der Waals surface area contributed by atoms with Crippen LogP contribution in [-0.2, 0) is 11.3 Å². The lowest BCUT2D eigenvalue weighted by atomic mass is 10.0. The van der Waals surface area contributed by atoms with Crippen LogP contribution in [0, 0.1) is 11.6 Å². The Morgan fingerprint density at radius 2 is 2.00 bits per heavy atom. The summed E-state index contributed by atoms with van der Waals surface area (Å²) in [5.74, 6) is -1.78. The zero-order valence-electron chi connectivity index (χ0n) is 15.3. The van der Waals surface area contributed by atoms with Crippen molar-refractivity contribution in [3.05, 3.63) is 83.2 Å². The maximum Gasteiger partial charge on any atom is 0.277 e. The van der Waals surface area contributed by atoms with Crippen molar-refractivity contribution in [2.24, 2.45) is 0 Å². The van der Waals surface area contributed by atoms with Gasteiger partial charge in [-0.25, -0.2) is 13.5 Å². The highest BCUT2D eigenvalue weighted by Crippen LogP contribution is 2.25. The minimum absolute atomic E-state index is 0.0254. The number of hydrogen-bond acceptors (Lipinski definition) is 4. The van der Waals surface area contributed by atoms with Crippen molar-refractivity contribution in [3.8, 4) is 0 Å². The molecule has 2 aromatic carbocycles. The number of carbonyl (C=O) groups excluding carboxylic acids is 2. The van der Waals surface area contributed by atoms with Crippen LogP contribution in [0.4, 0.5) is 8.78 Å². The van der Waals surface area contributed by atoms with Crippen LogP contribution in [0.5, 0.6) is 0 Å². The molecule has 0 saturated carbocycles. The second kappa shape index (κ2) is 7.78. The number of nitrogens with one attached hydrogen (secondary N) is 1. The standard InChI is InChI=1S/C20H17F2N5O2/c21-15-6-3-5-13(10-15)18-19(28)23-8-9-27(18)20(29)17-12-26(25-24-17)11-14-4-1-2-7-16(14)22/h1-7,10,12,18H,8-9,11H2,(H,23,28). The van der Waals surface area contributed by atoms with Gasteiger partial charge in [0, 0.05) is 18.7 Å². The van der Waals surface area contributed by atoms with Crippen LogP contribution < -0.4 is 5.32 Å². The largest absolute Gasteiger partial charge is 0.352 e. The summed E-state index contributed by atoms with van der Waals surface area (Å²) in [5, 5.41) is 10.5. The summed E-state index contributed by atoms with van der Waals surface area (Å²) < 4.78 is 28.8. The Kier molecular flexibility index (Phi) is 5.03. The van der Waals surface area contributed by atoms with Gasteiger partial charge in [0.1, 0.15) is 17.7 Å². The van der Waals surface area contributed by atoms with Crippen LogP contribution in [-0.4, -0.2) is 44.8 Å². The first-order valence-electron chi connectivity index (χ1n) is 9.00. The number of aromatic nitrogens is 3. The smallest absolute Gasteiger partial charge is 0.277 e. The van der Waals surface area contributed by atoms with E-state index < -0.39 is 23.7 Å². The van der Waals surface area contributed by atoms with Gasteiger partial charge in [-0.1, -0.05) is 35.5 Å². The van der Waals surface area contributed by atoms with E-state index in [1.54, 1.807) is 24.3 Å². The van der Waals surface area contributed by atoms with Crippen molar-refractivity contribution in [1.82, 2.24) is 25.2 Å². The van der Waals surface area contributed by atoms with Crippen molar-refractivity contribution < 1.29 is 18.4 Å². The Balaban J connectivity index is 1.58. The van der Waals surface area contributed by atoms with Gasteiger partial charge in [-0.05, 0) is 23.8 Å². The molecule has 1 unspecified atom stereocenters. The minimum Gasteiger partial charge on any atom is -0.352 e. The second-order valence-corrected chi connectivity index (χ2v) is 6.64. The third-order valence-electron chi connectivity index (χ3n) is 4.69. The van der Waals surface area contributed by atoms with Gasteiger partial charge in [0.05, 0.1) is 12.7 Å². The highest BCUT2D eigenvalue weighted by atomic mass is 19.1. The second-order valence-electron chi connectivity index (χ2n) is 6.64. The normalized spacial score (nSPS) is 16.6. The van der Waals surface area contributed by atoms with Crippen LogP contribution >= 0.6 is 0 Å². The summed E-state index contributed by atoms with van der Waals surface area (Å²) in [6, 6.07) is 10.9. The topological polar surface area (TPSA) is 80.1 Å². The lowest BCUT2D eigenvalue weighted by molar-refractivity contribution is -0.128. The van der Waals surface area contributed by atoms with Crippen LogP contribution in [0.25, 0.3) is 0 Å². The Morgan fingerprint density at radius 1 is 1.17 bits per heavy atom. The number of hydrogen-bond donors (Lipinski definition) is 1. The van der Waals surface area contributed by atoms with Gasteiger partial charge in [0.25, 0.3) is 5.91 Å². The molecule has 29 heavy (non-hydrogen) atoms. The Bertz CT molecular complexity index is 1070. The van der Waals surface area contributed by atoms with Gasteiger partial charge in [0.15, 0.2) is 5.69 Å². The molecule has 1 saturated heterocycles. The van der Waals surface area contributed by atoms with Gasteiger partial charge in [0.2, 0.25) is 5.91 Å². The molecule has 1 aliphatic heterocycles. The fourth-order valence-corrected chi connectivity index (χ4v) is 3.32. The summed E-state index contributed by atoms with van der Waals surface area (Å²) >= 11 is 0. The zero-order chi connectivity index (χ0) is 20.4. The monoisotopic (exact) mass is 397 g/mol. The van der Waals surface area contributed by atoms with E-state index in [-0.39, 0.29) is 31.1 Å². The Hall–Kier alpha value is -3.62. The van der Waals surface area contributed by atoms with E-state index in [0.717, 1.165) is 0 Å². The van der Waals surface area contributed by atoms with E-state index in [9.17, 15) is 18.4 Å². The molecule has 2 heterocycles. The van der Waals surface area contributed by atoms with Gasteiger partial charge >= 0.3 is 0 Å². The summed E-state index contributed by atoms with van der Waals surface area (Å²) in [6.07, 6.45) is 1.41. The summed E-state index contributed by atoms with van der Waals surface area (Å²) in [4.78, 5) is 26.8. The highest BCUT2D eigenvalue weighted by molar-refractivity contribution is 5.97. The minimum atomic E-state index is -0.969. The first-order chi connectivity index (χ1) is 14.0. The fourth-order valence-electron chi connectivity index (χ4n) is 3.32. The molecular formula is C20H17F2N5O2. The van der Waals surface area contributed by atoms with Crippen LogP contribution in [0.3, 0.4) is 0 Å². The first kappa shape index (κ1) is 18.7. The van der Waals surface area contributed by atoms with Crippen LogP contribution in [0.1, 0.15) is 27.7 Å². The van der Waals surface area contributed by atoms with Crippen molar-refractivity contribution in [2.45, 2.75) is 12.6 Å². The predicted octanol–water partition coefficient (Wildman–Crippen LogP) is 1.92. The fraction of sp³-hybridized carbons (Fsp3) is 0.200. The number of halogens is 2. The summed E-state index contributed by atoms with van der Waals surface area (Å²) in [7, 11) is 0. The van der Waals surface area contributed by atoms with E-state index in [4.69, 9.17) is 0 Å². The van der Waals surface area contributed by atoms with Gasteiger partial charge in [-0.15, -0.1) is 5.10 Å². The lowest BCUT2D eigenvalue weighted by Crippen LogP contribution is -2.52. The predicted molar refractivity (Wildman–Crippen MR) is 98.7 cm³/mol. The summed E-state index contributed by atoms with van der Waals surface area (Å²) in [5.41, 5.74) is 0.804. The number of nitrogens with zero attached hydrogens (tertiary/aromatic N) is 4.